The van der Waals surface area contributed by atoms with Gasteiger partial charge in [-0.3, -0.25) is 4.99 Å². The molecule has 0 aromatic heterocycles. The van der Waals surface area contributed by atoms with Gasteiger partial charge >= 0.3 is 0 Å². The summed E-state index contributed by atoms with van der Waals surface area (Å²) in [5.41, 5.74) is 0.919. The number of benzene rings is 1. The van der Waals surface area contributed by atoms with E-state index in [4.69, 9.17) is 4.74 Å². The van der Waals surface area contributed by atoms with Gasteiger partial charge in [0.15, 0.2) is 5.96 Å². The quantitative estimate of drug-likeness (QED) is 0.507. The van der Waals surface area contributed by atoms with Crippen LogP contribution in [0, 0.1) is 5.82 Å². The number of hydrogen-bond donors (Lipinski definition) is 2. The van der Waals surface area contributed by atoms with Crippen LogP contribution in [0.2, 0.25) is 0 Å². The molecule has 3 rings (SSSR count). The highest BCUT2D eigenvalue weighted by Gasteiger charge is 2.35. The minimum Gasteiger partial charge on any atom is -0.381 e. The Balaban J connectivity index is 1.70. The molecule has 5 heteroatoms. The molecule has 0 atom stereocenters. The summed E-state index contributed by atoms with van der Waals surface area (Å²) in [4.78, 5) is 4.34. The molecule has 130 valence electrons. The minimum atomic E-state index is -0.182. The zero-order chi connectivity index (χ0) is 16.8. The maximum absolute atomic E-state index is 13.7. The van der Waals surface area contributed by atoms with E-state index in [1.54, 1.807) is 19.2 Å². The third-order valence-electron chi connectivity index (χ3n) is 5.05. The molecule has 1 aliphatic carbocycles. The predicted molar refractivity (Wildman–Crippen MR) is 94.8 cm³/mol. The first-order valence-corrected chi connectivity index (χ1v) is 8.68. The second-order valence-electron chi connectivity index (χ2n) is 6.61. The Hall–Kier alpha value is -1.88. The van der Waals surface area contributed by atoms with Gasteiger partial charge in [-0.05, 0) is 43.4 Å². The maximum Gasteiger partial charge on any atom is 0.191 e. The molecular formula is C19H26FN3O. The van der Waals surface area contributed by atoms with Crippen molar-refractivity contribution < 1.29 is 9.13 Å². The molecule has 0 unspecified atom stereocenters. The fraction of sp³-hybridized carbons (Fsp3) is 0.526. The second-order valence-corrected chi connectivity index (χ2v) is 6.61. The largest absolute Gasteiger partial charge is 0.381 e. The van der Waals surface area contributed by atoms with Crippen molar-refractivity contribution in [3.05, 3.63) is 47.8 Å². The SMILES string of the molecule is CN=C(NCC1(c2cccc(F)c2)CCOCC1)NC1CC=CC1. The Morgan fingerprint density at radius 3 is 2.71 bits per heavy atom. The molecule has 0 radical (unpaired) electrons. The Morgan fingerprint density at radius 1 is 1.29 bits per heavy atom. The fourth-order valence-corrected chi connectivity index (χ4v) is 3.52. The van der Waals surface area contributed by atoms with Crippen molar-refractivity contribution in [3.63, 3.8) is 0 Å². The molecule has 1 saturated heterocycles. The highest BCUT2D eigenvalue weighted by atomic mass is 19.1. The van der Waals surface area contributed by atoms with E-state index in [1.807, 2.05) is 6.07 Å². The van der Waals surface area contributed by atoms with Crippen molar-refractivity contribution in [2.75, 3.05) is 26.8 Å². The van der Waals surface area contributed by atoms with Crippen LogP contribution in [0.4, 0.5) is 4.39 Å². The molecule has 2 aliphatic rings. The van der Waals surface area contributed by atoms with E-state index < -0.39 is 0 Å². The van der Waals surface area contributed by atoms with Crippen molar-refractivity contribution >= 4 is 5.96 Å². The van der Waals surface area contributed by atoms with Gasteiger partial charge in [0.05, 0.1) is 0 Å². The first-order valence-electron chi connectivity index (χ1n) is 8.68. The number of aliphatic imine (C=N–C) groups is 1. The molecule has 1 aromatic carbocycles. The van der Waals surface area contributed by atoms with Crippen LogP contribution in [0.15, 0.2) is 41.4 Å². The zero-order valence-electron chi connectivity index (χ0n) is 14.2. The average molecular weight is 331 g/mol. The van der Waals surface area contributed by atoms with Gasteiger partial charge in [0.2, 0.25) is 0 Å². The summed E-state index contributed by atoms with van der Waals surface area (Å²) in [6.07, 6.45) is 8.21. The minimum absolute atomic E-state index is 0.119. The van der Waals surface area contributed by atoms with Gasteiger partial charge in [0.25, 0.3) is 0 Å². The highest BCUT2D eigenvalue weighted by molar-refractivity contribution is 5.80. The summed E-state index contributed by atoms with van der Waals surface area (Å²) in [6, 6.07) is 7.38. The van der Waals surface area contributed by atoms with E-state index in [-0.39, 0.29) is 11.2 Å². The lowest BCUT2D eigenvalue weighted by Gasteiger charge is -2.38. The molecule has 1 aromatic rings. The number of rotatable bonds is 4. The van der Waals surface area contributed by atoms with Gasteiger partial charge in [-0.25, -0.2) is 4.39 Å². The van der Waals surface area contributed by atoms with E-state index in [0.29, 0.717) is 19.3 Å². The van der Waals surface area contributed by atoms with Crippen LogP contribution >= 0.6 is 0 Å². The van der Waals surface area contributed by atoms with Gasteiger partial charge in [0.1, 0.15) is 5.82 Å². The standard InChI is InChI=1S/C19H26FN3O/c1-21-18(23-17-7-2-3-8-17)22-14-19(9-11-24-12-10-19)15-5-4-6-16(20)13-15/h2-6,13,17H,7-12,14H2,1H3,(H2,21,22,23). The van der Waals surface area contributed by atoms with Gasteiger partial charge in [-0.2, -0.15) is 0 Å². The molecule has 24 heavy (non-hydrogen) atoms. The number of nitrogens with zero attached hydrogens (tertiary/aromatic N) is 1. The lowest BCUT2D eigenvalue weighted by molar-refractivity contribution is 0.0512. The van der Waals surface area contributed by atoms with Crippen LogP contribution in [0.3, 0.4) is 0 Å². The molecule has 1 fully saturated rings. The molecule has 0 amide bonds. The normalized spacial score (nSPS) is 21.0. The van der Waals surface area contributed by atoms with Crippen LogP contribution in [0.5, 0.6) is 0 Å². The Morgan fingerprint density at radius 2 is 2.04 bits per heavy atom. The molecular weight excluding hydrogens is 305 g/mol. The van der Waals surface area contributed by atoms with Gasteiger partial charge in [0, 0.05) is 38.3 Å². The molecule has 4 nitrogen and oxygen atoms in total. The average Bonchev–Trinajstić information content (AvgIpc) is 3.12. The molecule has 1 heterocycles. The predicted octanol–water partition coefficient (Wildman–Crippen LogP) is 2.76. The Labute approximate surface area is 143 Å². The topological polar surface area (TPSA) is 45.7 Å². The summed E-state index contributed by atoms with van der Waals surface area (Å²) < 4.78 is 19.3. The van der Waals surface area contributed by atoms with Crippen LogP contribution in [0.25, 0.3) is 0 Å². The summed E-state index contributed by atoms with van der Waals surface area (Å²) in [7, 11) is 1.79. The van der Waals surface area contributed by atoms with E-state index in [9.17, 15) is 4.39 Å². The molecule has 0 saturated carbocycles. The van der Waals surface area contributed by atoms with Crippen LogP contribution in [-0.2, 0) is 10.2 Å². The van der Waals surface area contributed by atoms with Crippen molar-refractivity contribution in [1.82, 2.24) is 10.6 Å². The molecule has 0 spiro atoms. The van der Waals surface area contributed by atoms with E-state index in [0.717, 1.165) is 43.8 Å². The van der Waals surface area contributed by atoms with Gasteiger partial charge < -0.3 is 15.4 Å². The lowest BCUT2D eigenvalue weighted by Crippen LogP contribution is -2.49. The van der Waals surface area contributed by atoms with Crippen LogP contribution in [0.1, 0.15) is 31.2 Å². The fourth-order valence-electron chi connectivity index (χ4n) is 3.52. The van der Waals surface area contributed by atoms with Crippen molar-refractivity contribution in [1.29, 1.82) is 0 Å². The van der Waals surface area contributed by atoms with Crippen molar-refractivity contribution in [2.45, 2.75) is 37.1 Å². The number of guanidine groups is 1. The maximum atomic E-state index is 13.7. The van der Waals surface area contributed by atoms with Crippen LogP contribution < -0.4 is 10.6 Å². The summed E-state index contributed by atoms with van der Waals surface area (Å²) in [5, 5.41) is 6.91. The molecule has 1 aliphatic heterocycles. The highest BCUT2D eigenvalue weighted by Crippen LogP contribution is 2.34. The first kappa shape index (κ1) is 17.0. The Kier molecular flexibility index (Phi) is 5.51. The summed E-state index contributed by atoms with van der Waals surface area (Å²) in [6.45, 7) is 2.13. The Bertz CT molecular complexity index is 600. The van der Waals surface area contributed by atoms with Crippen LogP contribution in [-0.4, -0.2) is 38.8 Å². The number of hydrogen-bond acceptors (Lipinski definition) is 2. The summed E-state index contributed by atoms with van der Waals surface area (Å²) >= 11 is 0. The molecule has 0 bridgehead atoms. The van der Waals surface area contributed by atoms with E-state index in [1.165, 1.54) is 6.07 Å². The first-order chi connectivity index (χ1) is 11.7. The number of halogens is 1. The number of nitrogens with one attached hydrogen (secondary N) is 2. The third-order valence-corrected chi connectivity index (χ3v) is 5.05. The smallest absolute Gasteiger partial charge is 0.191 e. The summed E-state index contributed by atoms with van der Waals surface area (Å²) in [5.74, 6) is 0.629. The van der Waals surface area contributed by atoms with Crippen molar-refractivity contribution in [3.8, 4) is 0 Å². The zero-order valence-corrected chi connectivity index (χ0v) is 14.2. The monoisotopic (exact) mass is 331 g/mol. The molecule has 2 N–H and O–H groups in total. The van der Waals surface area contributed by atoms with E-state index >= 15 is 0 Å². The van der Waals surface area contributed by atoms with Gasteiger partial charge in [-0.15, -0.1) is 0 Å². The number of ether oxygens (including phenoxy) is 1. The lowest BCUT2D eigenvalue weighted by atomic mass is 9.74. The van der Waals surface area contributed by atoms with E-state index in [2.05, 4.69) is 27.8 Å². The van der Waals surface area contributed by atoms with Gasteiger partial charge in [-0.1, -0.05) is 24.3 Å². The van der Waals surface area contributed by atoms with Crippen molar-refractivity contribution in [2.24, 2.45) is 4.99 Å². The second kappa shape index (κ2) is 7.79. The third kappa shape index (κ3) is 3.96.